The summed E-state index contributed by atoms with van der Waals surface area (Å²) < 4.78 is 0. The number of anilines is 2. The minimum atomic E-state index is -0.367. The van der Waals surface area contributed by atoms with E-state index in [2.05, 4.69) is 15.3 Å². The summed E-state index contributed by atoms with van der Waals surface area (Å²) in [5, 5.41) is 3.12. The van der Waals surface area contributed by atoms with Gasteiger partial charge in [-0.05, 0) is 24.6 Å². The lowest BCUT2D eigenvalue weighted by atomic mass is 10.2. The molecule has 2 amide bonds. The molecule has 0 atom stereocenters. The molecule has 0 saturated carbocycles. The molecule has 1 fully saturated rings. The second-order valence-corrected chi connectivity index (χ2v) is 5.27. The maximum absolute atomic E-state index is 12.0. The van der Waals surface area contributed by atoms with Gasteiger partial charge in [0.25, 0.3) is 5.91 Å². The smallest absolute Gasteiger partial charge is 0.275 e. The lowest BCUT2D eigenvalue weighted by Gasteiger charge is -2.18. The van der Waals surface area contributed by atoms with Gasteiger partial charge in [-0.15, -0.1) is 0 Å². The van der Waals surface area contributed by atoms with Crippen molar-refractivity contribution in [3.8, 4) is 0 Å². The van der Waals surface area contributed by atoms with E-state index in [1.165, 1.54) is 18.6 Å². The van der Waals surface area contributed by atoms with Crippen LogP contribution in [0.2, 0.25) is 5.02 Å². The van der Waals surface area contributed by atoms with E-state index < -0.39 is 0 Å². The predicted molar refractivity (Wildman–Crippen MR) is 83.0 cm³/mol. The Labute approximate surface area is 132 Å². The van der Waals surface area contributed by atoms with Crippen molar-refractivity contribution in [1.29, 1.82) is 0 Å². The third kappa shape index (κ3) is 2.92. The number of carbonyl (C=O) groups is 2. The maximum Gasteiger partial charge on any atom is 0.275 e. The summed E-state index contributed by atoms with van der Waals surface area (Å²) in [5.41, 5.74) is 1.43. The van der Waals surface area contributed by atoms with E-state index in [0.717, 1.165) is 6.42 Å². The number of hydrogen-bond acceptors (Lipinski definition) is 4. The highest BCUT2D eigenvalue weighted by Gasteiger charge is 2.23. The molecule has 112 valence electrons. The highest BCUT2D eigenvalue weighted by atomic mass is 35.5. The van der Waals surface area contributed by atoms with Gasteiger partial charge < -0.3 is 10.2 Å². The Morgan fingerprint density at radius 1 is 1.32 bits per heavy atom. The van der Waals surface area contributed by atoms with Crippen molar-refractivity contribution in [3.05, 3.63) is 47.5 Å². The van der Waals surface area contributed by atoms with E-state index in [-0.39, 0.29) is 17.5 Å². The molecule has 1 aromatic carbocycles. The number of nitrogens with one attached hydrogen (secondary N) is 1. The van der Waals surface area contributed by atoms with Crippen molar-refractivity contribution in [2.45, 2.75) is 12.8 Å². The van der Waals surface area contributed by atoms with Crippen molar-refractivity contribution in [2.75, 3.05) is 16.8 Å². The van der Waals surface area contributed by atoms with Gasteiger partial charge in [0, 0.05) is 31.0 Å². The Bertz CT molecular complexity index is 721. The molecule has 2 aromatic rings. The fraction of sp³-hybridized carbons (Fsp3) is 0.200. The van der Waals surface area contributed by atoms with Crippen molar-refractivity contribution in [3.63, 3.8) is 0 Å². The summed E-state index contributed by atoms with van der Waals surface area (Å²) in [4.78, 5) is 33.2. The van der Waals surface area contributed by atoms with Gasteiger partial charge in [0.2, 0.25) is 5.91 Å². The molecule has 3 rings (SSSR count). The summed E-state index contributed by atoms with van der Waals surface area (Å²) in [6.45, 7) is 0.670. The Balaban J connectivity index is 1.77. The molecule has 0 unspecified atom stereocenters. The molecule has 7 heteroatoms. The van der Waals surface area contributed by atoms with E-state index >= 15 is 0 Å². The van der Waals surface area contributed by atoms with E-state index in [1.807, 2.05) is 0 Å². The van der Waals surface area contributed by atoms with Gasteiger partial charge in [-0.1, -0.05) is 11.6 Å². The number of rotatable bonds is 3. The summed E-state index contributed by atoms with van der Waals surface area (Å²) in [6.07, 6.45) is 5.70. The molecule has 22 heavy (non-hydrogen) atoms. The molecule has 1 aromatic heterocycles. The van der Waals surface area contributed by atoms with E-state index in [9.17, 15) is 9.59 Å². The number of carbonyl (C=O) groups excluding carboxylic acids is 2. The van der Waals surface area contributed by atoms with Crippen LogP contribution in [0.4, 0.5) is 11.4 Å². The molecular weight excluding hydrogens is 304 g/mol. The molecule has 1 aliphatic rings. The van der Waals surface area contributed by atoms with Crippen LogP contribution in [0.15, 0.2) is 36.8 Å². The minimum Gasteiger partial charge on any atom is -0.321 e. The summed E-state index contributed by atoms with van der Waals surface area (Å²) in [7, 11) is 0. The van der Waals surface area contributed by atoms with Crippen LogP contribution in [-0.4, -0.2) is 28.3 Å². The molecule has 2 heterocycles. The standard InChI is InChI=1S/C15H13ClN4O2/c16-11-8-10(19-15(22)12-9-17-5-6-18-12)3-4-13(11)20-7-1-2-14(20)21/h3-6,8-9H,1-2,7H2,(H,19,22). The Morgan fingerprint density at radius 3 is 2.82 bits per heavy atom. The lowest BCUT2D eigenvalue weighted by Crippen LogP contribution is -2.24. The molecule has 1 aliphatic heterocycles. The van der Waals surface area contributed by atoms with Crippen LogP contribution in [0.3, 0.4) is 0 Å². The van der Waals surface area contributed by atoms with E-state index in [0.29, 0.717) is 29.4 Å². The van der Waals surface area contributed by atoms with Crippen molar-refractivity contribution < 1.29 is 9.59 Å². The van der Waals surface area contributed by atoms with Gasteiger partial charge >= 0.3 is 0 Å². The second-order valence-electron chi connectivity index (χ2n) is 4.86. The number of halogens is 1. The molecule has 0 spiro atoms. The Kier molecular flexibility index (Phi) is 4.02. The van der Waals surface area contributed by atoms with E-state index in [1.54, 1.807) is 23.1 Å². The number of benzene rings is 1. The van der Waals surface area contributed by atoms with Crippen molar-refractivity contribution >= 4 is 34.8 Å². The molecule has 0 radical (unpaired) electrons. The zero-order chi connectivity index (χ0) is 15.5. The molecule has 0 aliphatic carbocycles. The first-order valence-electron chi connectivity index (χ1n) is 6.82. The first kappa shape index (κ1) is 14.5. The Hall–Kier alpha value is -2.47. The second kappa shape index (κ2) is 6.11. The first-order valence-corrected chi connectivity index (χ1v) is 7.20. The predicted octanol–water partition coefficient (Wildman–Crippen LogP) is 2.51. The number of amides is 2. The van der Waals surface area contributed by atoms with Crippen LogP contribution in [0.1, 0.15) is 23.3 Å². The third-order valence-electron chi connectivity index (χ3n) is 3.37. The fourth-order valence-electron chi connectivity index (χ4n) is 2.32. The zero-order valence-corrected chi connectivity index (χ0v) is 12.4. The first-order chi connectivity index (χ1) is 10.6. The number of hydrogen-bond donors (Lipinski definition) is 1. The molecule has 1 N–H and O–H groups in total. The SMILES string of the molecule is O=C(Nc1ccc(N2CCCC2=O)c(Cl)c1)c1cnccn1. The molecular formula is C15H13ClN4O2. The highest BCUT2D eigenvalue weighted by Crippen LogP contribution is 2.31. The number of aromatic nitrogens is 2. The van der Waals surface area contributed by atoms with Crippen LogP contribution in [0.25, 0.3) is 0 Å². The van der Waals surface area contributed by atoms with Gasteiger partial charge in [0.15, 0.2) is 0 Å². The average molecular weight is 317 g/mol. The zero-order valence-electron chi connectivity index (χ0n) is 11.6. The third-order valence-corrected chi connectivity index (χ3v) is 3.67. The summed E-state index contributed by atoms with van der Waals surface area (Å²) in [6, 6.07) is 5.07. The fourth-order valence-corrected chi connectivity index (χ4v) is 2.60. The van der Waals surface area contributed by atoms with E-state index in [4.69, 9.17) is 11.6 Å². The minimum absolute atomic E-state index is 0.0678. The van der Waals surface area contributed by atoms with Crippen LogP contribution >= 0.6 is 11.6 Å². The van der Waals surface area contributed by atoms with Gasteiger partial charge in [0.1, 0.15) is 5.69 Å². The van der Waals surface area contributed by atoms with Gasteiger partial charge in [0.05, 0.1) is 16.9 Å². The highest BCUT2D eigenvalue weighted by molar-refractivity contribution is 6.34. The van der Waals surface area contributed by atoms with Gasteiger partial charge in [-0.2, -0.15) is 0 Å². The normalized spacial score (nSPS) is 14.2. The van der Waals surface area contributed by atoms with Crippen molar-refractivity contribution in [1.82, 2.24) is 9.97 Å². The monoisotopic (exact) mass is 316 g/mol. The quantitative estimate of drug-likeness (QED) is 0.944. The Morgan fingerprint density at radius 2 is 2.18 bits per heavy atom. The largest absolute Gasteiger partial charge is 0.321 e. The van der Waals surface area contributed by atoms with Crippen LogP contribution in [0, 0.1) is 0 Å². The maximum atomic E-state index is 12.0. The van der Waals surface area contributed by atoms with Crippen LogP contribution in [0.5, 0.6) is 0 Å². The molecule has 0 bridgehead atoms. The summed E-state index contributed by atoms with van der Waals surface area (Å²) >= 11 is 6.23. The van der Waals surface area contributed by atoms with Crippen LogP contribution in [-0.2, 0) is 4.79 Å². The van der Waals surface area contributed by atoms with Gasteiger partial charge in [-0.25, -0.2) is 4.98 Å². The lowest BCUT2D eigenvalue weighted by molar-refractivity contribution is -0.117. The van der Waals surface area contributed by atoms with Crippen molar-refractivity contribution in [2.24, 2.45) is 0 Å². The summed E-state index contributed by atoms with van der Waals surface area (Å²) in [5.74, 6) is -0.299. The average Bonchev–Trinajstić information content (AvgIpc) is 2.94. The number of nitrogens with zero attached hydrogens (tertiary/aromatic N) is 3. The molecule has 6 nitrogen and oxygen atoms in total. The topological polar surface area (TPSA) is 75.2 Å². The van der Waals surface area contributed by atoms with Crippen LogP contribution < -0.4 is 10.2 Å². The molecule has 1 saturated heterocycles. The van der Waals surface area contributed by atoms with Gasteiger partial charge in [-0.3, -0.25) is 14.6 Å².